The molecule has 0 atom stereocenters. The monoisotopic (exact) mass is 1150 g/mol. The molecule has 1 aliphatic rings. The lowest BCUT2D eigenvalue weighted by atomic mass is 9.91. The van der Waals surface area contributed by atoms with Crippen molar-refractivity contribution in [2.75, 3.05) is 56.9 Å². The predicted octanol–water partition coefficient (Wildman–Crippen LogP) is 15.8. The van der Waals surface area contributed by atoms with Gasteiger partial charge in [-0.2, -0.15) is 0 Å². The lowest BCUT2D eigenvalue weighted by Crippen LogP contribution is -1.94. The van der Waals surface area contributed by atoms with Crippen LogP contribution in [-0.2, 0) is 0 Å². The zero-order valence-corrected chi connectivity index (χ0v) is 49.0. The lowest BCUT2D eigenvalue weighted by molar-refractivity contribution is 0.414. The van der Waals surface area contributed by atoms with Crippen LogP contribution in [0.2, 0.25) is 0 Å². The molecular weight excluding hydrogens is 1090 g/mol. The molecule has 0 saturated carbocycles. The Morgan fingerprint density at radius 1 is 0.218 bits per heavy atom. The number of H-pyrrole nitrogens is 3. The fourth-order valence-electron chi connectivity index (χ4n) is 11.4. The van der Waals surface area contributed by atoms with Gasteiger partial charge in [-0.25, -0.2) is 19.9 Å². The van der Waals surface area contributed by atoms with E-state index in [2.05, 4.69) is 51.4 Å². The number of benzene rings is 8. The van der Waals surface area contributed by atoms with Gasteiger partial charge in [0.1, 0.15) is 74.2 Å². The Bertz CT molecular complexity index is 4650. The third-order valence-corrected chi connectivity index (χ3v) is 15.8. The van der Waals surface area contributed by atoms with Crippen LogP contribution in [0.1, 0.15) is 22.6 Å². The fourth-order valence-corrected chi connectivity index (χ4v) is 11.4. The predicted molar refractivity (Wildman–Crippen MR) is 343 cm³/mol. The van der Waals surface area contributed by atoms with Gasteiger partial charge in [0.25, 0.3) is 0 Å². The third-order valence-electron chi connectivity index (χ3n) is 15.8. The van der Waals surface area contributed by atoms with Crippen molar-refractivity contribution in [2.45, 2.75) is 0 Å². The second kappa shape index (κ2) is 23.4. The van der Waals surface area contributed by atoms with Crippen molar-refractivity contribution in [3.05, 3.63) is 217 Å². The largest absolute Gasteiger partial charge is 0.497 e. The van der Waals surface area contributed by atoms with E-state index in [9.17, 15) is 0 Å². The van der Waals surface area contributed by atoms with Crippen LogP contribution in [0.3, 0.4) is 0 Å². The van der Waals surface area contributed by atoms with Gasteiger partial charge in [-0.1, -0.05) is 97.1 Å². The van der Waals surface area contributed by atoms with Gasteiger partial charge in [-0.3, -0.25) is 0 Å². The summed E-state index contributed by atoms with van der Waals surface area (Å²) in [6.07, 6.45) is 0. The van der Waals surface area contributed by atoms with Gasteiger partial charge in [0.05, 0.1) is 68.1 Å². The maximum atomic E-state index is 5.84. The first-order valence-corrected chi connectivity index (χ1v) is 28.0. The summed E-state index contributed by atoms with van der Waals surface area (Å²) in [6.45, 7) is 0. The Kier molecular flexibility index (Phi) is 14.8. The highest BCUT2D eigenvalue weighted by molar-refractivity contribution is 6.13. The molecule has 4 aromatic heterocycles. The molecule has 0 radical (unpaired) electrons. The molecule has 1 aliphatic heterocycles. The molecule has 15 heteroatoms. The summed E-state index contributed by atoms with van der Waals surface area (Å²) in [7, 11) is 13.3. The Balaban J connectivity index is 1.32. The van der Waals surface area contributed by atoms with E-state index in [4.69, 9.17) is 57.8 Å². The van der Waals surface area contributed by atoms with Crippen LogP contribution in [0.25, 0.3) is 112 Å². The summed E-state index contributed by atoms with van der Waals surface area (Å²) < 4.78 is 46.1. The Morgan fingerprint density at radius 3 is 0.713 bits per heavy atom. The molecule has 0 spiro atoms. The van der Waals surface area contributed by atoms with Crippen molar-refractivity contribution in [2.24, 2.45) is 0 Å². The summed E-state index contributed by atoms with van der Waals surface area (Å²) in [5.41, 5.74) is 16.7. The second-order valence-corrected chi connectivity index (χ2v) is 20.4. The number of methoxy groups -OCH3 is 8. The van der Waals surface area contributed by atoms with Gasteiger partial charge in [0.15, 0.2) is 5.82 Å². The number of fused-ring (bicyclic) bond motifs is 9. The molecular formula is C72H59N7O8. The number of nitrogens with zero attached hydrogens (tertiary/aromatic N) is 4. The third kappa shape index (κ3) is 10.2. The fraction of sp³-hybridized carbons (Fsp3) is 0.111. The van der Waals surface area contributed by atoms with Crippen molar-refractivity contribution in [1.29, 1.82) is 0 Å². The first-order chi connectivity index (χ1) is 42.7. The second-order valence-electron chi connectivity index (χ2n) is 20.4. The average molecular weight is 1150 g/mol. The van der Waals surface area contributed by atoms with E-state index in [1.54, 1.807) is 56.9 Å². The van der Waals surface area contributed by atoms with Crippen molar-refractivity contribution in [3.8, 4) is 113 Å². The maximum Gasteiger partial charge on any atom is 0.163 e. The number of ether oxygens (including phenoxy) is 8. The van der Waals surface area contributed by atoms with Crippen LogP contribution in [0, 0.1) is 0 Å². The topological polar surface area (TPSA) is 173 Å². The van der Waals surface area contributed by atoms with Gasteiger partial charge in [-0.15, -0.1) is 0 Å². The number of hydrogen-bond donors (Lipinski definition) is 3. The van der Waals surface area contributed by atoms with Crippen LogP contribution in [0.4, 0.5) is 0 Å². The molecule has 12 aromatic rings. The molecule has 5 heterocycles. The normalized spacial score (nSPS) is 11.6. The SMILES string of the molecule is COc1ccc(C2=C(c3ccc(OC)cc3)c3nc2nc2[nH]c(nc4[nH]c(nc5[nH]c3c(-c3ccc(OC)cc3)c5-c3ccc(OC)cc3)c(-c3ccc(OC)cc3)c4-c3ccc(OC)cc3)c(-c3ccc(OC)cc3)c2-c2ccc(OC)cc2)cc1. The minimum atomic E-state index is 0.418. The molecule has 8 bridgehead atoms. The van der Waals surface area contributed by atoms with Gasteiger partial charge < -0.3 is 52.8 Å². The summed E-state index contributed by atoms with van der Waals surface area (Å²) in [6, 6.07) is 63.9. The first-order valence-electron chi connectivity index (χ1n) is 28.0. The molecule has 430 valence electrons. The molecule has 0 saturated heterocycles. The first kappa shape index (κ1) is 54.9. The zero-order chi connectivity index (χ0) is 59.7. The van der Waals surface area contributed by atoms with Crippen molar-refractivity contribution < 1.29 is 37.9 Å². The lowest BCUT2D eigenvalue weighted by Gasteiger charge is -2.12. The highest BCUT2D eigenvalue weighted by Gasteiger charge is 2.31. The zero-order valence-electron chi connectivity index (χ0n) is 49.0. The Hall–Kier alpha value is -11.3. The molecule has 13 rings (SSSR count). The average Bonchev–Trinajstić information content (AvgIpc) is 1.82. The van der Waals surface area contributed by atoms with E-state index < -0.39 is 0 Å². The van der Waals surface area contributed by atoms with Crippen LogP contribution < -0.4 is 37.9 Å². The number of hydrogen-bond acceptors (Lipinski definition) is 12. The molecule has 0 amide bonds. The van der Waals surface area contributed by atoms with Crippen LogP contribution in [0.15, 0.2) is 194 Å². The molecule has 87 heavy (non-hydrogen) atoms. The molecule has 0 unspecified atom stereocenters. The van der Waals surface area contributed by atoms with Crippen LogP contribution in [0.5, 0.6) is 46.0 Å². The highest BCUT2D eigenvalue weighted by atomic mass is 16.5. The quantitative estimate of drug-likeness (QED) is 0.0837. The summed E-state index contributed by atoms with van der Waals surface area (Å²) in [4.78, 5) is 34.8. The van der Waals surface area contributed by atoms with Gasteiger partial charge >= 0.3 is 0 Å². The maximum absolute atomic E-state index is 5.84. The molecule has 15 nitrogen and oxygen atoms in total. The Labute approximate surface area is 501 Å². The van der Waals surface area contributed by atoms with Gasteiger partial charge in [0.2, 0.25) is 0 Å². The van der Waals surface area contributed by atoms with Gasteiger partial charge in [0, 0.05) is 44.5 Å². The summed E-state index contributed by atoms with van der Waals surface area (Å²) >= 11 is 0. The Morgan fingerprint density at radius 2 is 0.437 bits per heavy atom. The summed E-state index contributed by atoms with van der Waals surface area (Å²) in [5.74, 6) is 5.96. The van der Waals surface area contributed by atoms with E-state index >= 15 is 0 Å². The van der Waals surface area contributed by atoms with Crippen molar-refractivity contribution in [1.82, 2.24) is 34.9 Å². The van der Waals surface area contributed by atoms with Crippen molar-refractivity contribution in [3.63, 3.8) is 0 Å². The van der Waals surface area contributed by atoms with E-state index in [1.807, 2.05) is 158 Å². The minimum absolute atomic E-state index is 0.418. The van der Waals surface area contributed by atoms with Crippen molar-refractivity contribution >= 4 is 44.9 Å². The van der Waals surface area contributed by atoms with E-state index in [-0.39, 0.29) is 0 Å². The van der Waals surface area contributed by atoms with E-state index in [1.165, 1.54) is 0 Å². The van der Waals surface area contributed by atoms with Gasteiger partial charge in [-0.05, 0) is 142 Å². The summed E-state index contributed by atoms with van der Waals surface area (Å²) in [5, 5.41) is 0. The molecule has 3 N–H and O–H groups in total. The molecule has 8 aromatic carbocycles. The van der Waals surface area contributed by atoms with Crippen LogP contribution >= 0.6 is 0 Å². The molecule has 0 aliphatic carbocycles. The number of aromatic nitrogens is 7. The number of nitrogens with one attached hydrogen (secondary N) is 3. The standard InChI is InChI=1S/C72H59N7O8/c1-80-49-25-9-41(10-26-49)57-59(43-13-29-51(82-3)30-14-43)67-73-65(57)66-58(42-11-27-50(81-2)28-12-42)60(44-15-31-52(83-4)32-16-44)68(74-66)76-70-62(46-19-35-54(85-6)36-20-46)64(48-23-39-56(87-8)40-24-48)72(78-70)79-71-63(47-21-37-55(86-7)38-22-47)61(69(75-67)77-71)45-17-33-53(84-5)34-18-45/h9-40H,1-8H3,(H3,73,74,75,76,77,78,79). The van der Waals surface area contributed by atoms with E-state index in [0.29, 0.717) is 91.3 Å². The minimum Gasteiger partial charge on any atom is -0.497 e. The van der Waals surface area contributed by atoms with E-state index in [0.717, 1.165) is 89.0 Å². The smallest absolute Gasteiger partial charge is 0.163 e. The number of rotatable bonds is 16. The number of aromatic amines is 3. The van der Waals surface area contributed by atoms with Crippen LogP contribution in [-0.4, -0.2) is 91.8 Å². The highest BCUT2D eigenvalue weighted by Crippen LogP contribution is 2.49. The molecule has 0 fully saturated rings.